The minimum atomic E-state index is 0.304. The van der Waals surface area contributed by atoms with Crippen LogP contribution >= 0.6 is 0 Å². The highest BCUT2D eigenvalue weighted by Gasteiger charge is 2.46. The molecule has 4 aliphatic rings. The van der Waals surface area contributed by atoms with Gasteiger partial charge in [-0.1, -0.05) is 0 Å². The fourth-order valence-corrected chi connectivity index (χ4v) is 3.01. The van der Waals surface area contributed by atoms with Crippen molar-refractivity contribution < 1.29 is 18.9 Å². The van der Waals surface area contributed by atoms with Gasteiger partial charge >= 0.3 is 0 Å². The van der Waals surface area contributed by atoms with Crippen LogP contribution in [0, 0.1) is 0 Å². The Hall–Kier alpha value is -0.160. The predicted molar refractivity (Wildman–Crippen MR) is 55.3 cm³/mol. The monoisotopic (exact) mass is 226 g/mol. The molecule has 4 rings (SSSR count). The summed E-state index contributed by atoms with van der Waals surface area (Å²) in [7, 11) is 0. The van der Waals surface area contributed by atoms with E-state index >= 15 is 0 Å². The van der Waals surface area contributed by atoms with Crippen LogP contribution in [0.1, 0.15) is 25.7 Å². The molecule has 0 saturated carbocycles. The second kappa shape index (κ2) is 3.67. The maximum Gasteiger partial charge on any atom is 0.107 e. The Bertz CT molecular complexity index is 246. The molecule has 4 heteroatoms. The summed E-state index contributed by atoms with van der Waals surface area (Å²) in [5.41, 5.74) is 0. The molecule has 0 amide bonds. The van der Waals surface area contributed by atoms with Crippen LogP contribution in [0.2, 0.25) is 0 Å². The van der Waals surface area contributed by atoms with Crippen molar-refractivity contribution in [2.45, 2.75) is 62.3 Å². The summed E-state index contributed by atoms with van der Waals surface area (Å²) in [4.78, 5) is 0. The molecule has 4 fully saturated rings. The quantitative estimate of drug-likeness (QED) is 0.670. The Kier molecular flexibility index (Phi) is 2.25. The minimum absolute atomic E-state index is 0.304. The van der Waals surface area contributed by atoms with E-state index in [1.54, 1.807) is 0 Å². The van der Waals surface area contributed by atoms with Crippen molar-refractivity contribution in [3.05, 3.63) is 0 Å². The minimum Gasteiger partial charge on any atom is -0.370 e. The van der Waals surface area contributed by atoms with Gasteiger partial charge in [-0.2, -0.15) is 0 Å². The lowest BCUT2D eigenvalue weighted by Gasteiger charge is -2.19. The zero-order valence-electron chi connectivity index (χ0n) is 9.34. The van der Waals surface area contributed by atoms with Gasteiger partial charge in [0.25, 0.3) is 0 Å². The average molecular weight is 226 g/mol. The lowest BCUT2D eigenvalue weighted by atomic mass is 10.1. The number of hydrogen-bond donors (Lipinski definition) is 0. The molecule has 0 aromatic heterocycles. The molecule has 0 N–H and O–H groups in total. The first kappa shape index (κ1) is 9.83. The van der Waals surface area contributed by atoms with Crippen LogP contribution in [0.5, 0.6) is 0 Å². The van der Waals surface area contributed by atoms with Gasteiger partial charge in [0.15, 0.2) is 0 Å². The van der Waals surface area contributed by atoms with E-state index in [1.807, 2.05) is 0 Å². The normalized spacial score (nSPS) is 55.5. The molecule has 4 nitrogen and oxygen atoms in total. The molecule has 4 heterocycles. The standard InChI is InChI=1S/C12H18O4/c1-3-9(11-5-13-11)15-7(1)8-2-4-10(16-8)12-6-14-12/h7-12H,1-6H2/t7-,8-,9-,10-,11-,12-/m1/s1. The molecule has 0 aromatic rings. The average Bonchev–Trinajstić information content (AvgIpc) is 3.23. The molecular weight excluding hydrogens is 208 g/mol. The number of rotatable bonds is 3. The summed E-state index contributed by atoms with van der Waals surface area (Å²) in [6, 6.07) is 0. The first-order chi connectivity index (χ1) is 7.90. The Morgan fingerprint density at radius 3 is 1.12 bits per heavy atom. The summed E-state index contributed by atoms with van der Waals surface area (Å²) in [6.07, 6.45) is 6.59. The maximum absolute atomic E-state index is 6.03. The molecule has 0 aliphatic carbocycles. The highest BCUT2D eigenvalue weighted by Crippen LogP contribution is 2.37. The Balaban J connectivity index is 1.33. The summed E-state index contributed by atoms with van der Waals surface area (Å²) in [5.74, 6) is 0. The Morgan fingerprint density at radius 1 is 0.500 bits per heavy atom. The van der Waals surface area contributed by atoms with Crippen LogP contribution in [0.15, 0.2) is 0 Å². The topological polar surface area (TPSA) is 43.5 Å². The molecular formula is C12H18O4. The zero-order chi connectivity index (χ0) is 10.5. The second-order valence-electron chi connectivity index (χ2n) is 5.32. The van der Waals surface area contributed by atoms with E-state index in [9.17, 15) is 0 Å². The maximum atomic E-state index is 6.03. The van der Waals surface area contributed by atoms with Crippen LogP contribution in [0.25, 0.3) is 0 Å². The third-order valence-electron chi connectivity index (χ3n) is 4.13. The van der Waals surface area contributed by atoms with E-state index < -0.39 is 0 Å². The van der Waals surface area contributed by atoms with Crippen molar-refractivity contribution >= 4 is 0 Å². The zero-order valence-corrected chi connectivity index (χ0v) is 9.34. The van der Waals surface area contributed by atoms with E-state index in [0.29, 0.717) is 36.6 Å². The summed E-state index contributed by atoms with van der Waals surface area (Å²) < 4.78 is 22.6. The van der Waals surface area contributed by atoms with E-state index in [2.05, 4.69) is 0 Å². The van der Waals surface area contributed by atoms with E-state index in [4.69, 9.17) is 18.9 Å². The van der Waals surface area contributed by atoms with Crippen molar-refractivity contribution in [2.24, 2.45) is 0 Å². The molecule has 0 radical (unpaired) electrons. The van der Waals surface area contributed by atoms with Gasteiger partial charge in [0.05, 0.1) is 37.6 Å². The van der Waals surface area contributed by atoms with Crippen LogP contribution in [-0.4, -0.2) is 49.8 Å². The number of hydrogen-bond acceptors (Lipinski definition) is 4. The summed E-state index contributed by atoms with van der Waals surface area (Å²) >= 11 is 0. The first-order valence-corrected chi connectivity index (χ1v) is 6.44. The molecule has 4 saturated heterocycles. The highest BCUT2D eigenvalue weighted by molar-refractivity contribution is 4.93. The van der Waals surface area contributed by atoms with Gasteiger partial charge in [-0.05, 0) is 25.7 Å². The van der Waals surface area contributed by atoms with Gasteiger partial charge in [0, 0.05) is 0 Å². The molecule has 0 unspecified atom stereocenters. The smallest absolute Gasteiger partial charge is 0.107 e. The lowest BCUT2D eigenvalue weighted by molar-refractivity contribution is -0.0732. The van der Waals surface area contributed by atoms with Gasteiger partial charge in [-0.3, -0.25) is 0 Å². The first-order valence-electron chi connectivity index (χ1n) is 6.44. The van der Waals surface area contributed by atoms with E-state index in [0.717, 1.165) is 38.9 Å². The van der Waals surface area contributed by atoms with Crippen molar-refractivity contribution in [3.8, 4) is 0 Å². The van der Waals surface area contributed by atoms with Crippen LogP contribution in [0.3, 0.4) is 0 Å². The molecule has 4 aliphatic heterocycles. The van der Waals surface area contributed by atoms with Gasteiger partial charge < -0.3 is 18.9 Å². The summed E-state index contributed by atoms with van der Waals surface area (Å²) in [6.45, 7) is 1.78. The lowest BCUT2D eigenvalue weighted by Crippen LogP contribution is -2.29. The molecule has 0 spiro atoms. The Morgan fingerprint density at radius 2 is 0.812 bits per heavy atom. The number of ether oxygens (including phenoxy) is 4. The number of epoxide rings is 2. The van der Waals surface area contributed by atoms with E-state index in [-0.39, 0.29) is 0 Å². The van der Waals surface area contributed by atoms with Gasteiger partial charge in [0.2, 0.25) is 0 Å². The largest absolute Gasteiger partial charge is 0.370 e. The van der Waals surface area contributed by atoms with E-state index in [1.165, 1.54) is 0 Å². The van der Waals surface area contributed by atoms with Crippen molar-refractivity contribution in [2.75, 3.05) is 13.2 Å². The van der Waals surface area contributed by atoms with Gasteiger partial charge in [0.1, 0.15) is 12.2 Å². The second-order valence-corrected chi connectivity index (χ2v) is 5.32. The van der Waals surface area contributed by atoms with Crippen LogP contribution in [0.4, 0.5) is 0 Å². The highest BCUT2D eigenvalue weighted by atomic mass is 16.6. The van der Waals surface area contributed by atoms with Crippen molar-refractivity contribution in [1.82, 2.24) is 0 Å². The SMILES string of the molecule is C1O[C@H]1[C@H]1CC[C@H]([C@H]2CC[C@H]([C@H]3CO3)O2)O1. The van der Waals surface area contributed by atoms with Gasteiger partial charge in [-0.15, -0.1) is 0 Å². The van der Waals surface area contributed by atoms with Crippen molar-refractivity contribution in [1.29, 1.82) is 0 Å². The third-order valence-corrected chi connectivity index (χ3v) is 4.13. The van der Waals surface area contributed by atoms with Gasteiger partial charge in [-0.25, -0.2) is 0 Å². The fourth-order valence-electron chi connectivity index (χ4n) is 3.01. The Labute approximate surface area is 95.2 Å². The molecule has 90 valence electrons. The van der Waals surface area contributed by atoms with Crippen LogP contribution < -0.4 is 0 Å². The molecule has 0 aromatic carbocycles. The molecule has 16 heavy (non-hydrogen) atoms. The fraction of sp³-hybridized carbons (Fsp3) is 1.00. The third kappa shape index (κ3) is 1.78. The molecule has 0 bridgehead atoms. The summed E-state index contributed by atoms with van der Waals surface area (Å²) in [5, 5.41) is 0. The van der Waals surface area contributed by atoms with Crippen molar-refractivity contribution in [3.63, 3.8) is 0 Å². The molecule has 6 atom stereocenters. The predicted octanol–water partition coefficient (Wildman–Crippen LogP) is 0.879. The van der Waals surface area contributed by atoms with Crippen LogP contribution in [-0.2, 0) is 18.9 Å².